The van der Waals surface area contributed by atoms with Gasteiger partial charge in [-0.2, -0.15) is 0 Å². The van der Waals surface area contributed by atoms with E-state index in [9.17, 15) is 24.3 Å². The average molecular weight is 548 g/mol. The zero-order valence-corrected chi connectivity index (χ0v) is 23.4. The van der Waals surface area contributed by atoms with Crippen LogP contribution in [0.25, 0.3) is 0 Å². The van der Waals surface area contributed by atoms with E-state index in [-0.39, 0.29) is 37.2 Å². The number of carbonyl (C=O) groups excluding carboxylic acids is 3. The number of carboxylic acids is 1. The third-order valence-electron chi connectivity index (χ3n) is 6.83. The Kier molecular flexibility index (Phi) is 14.6. The molecular weight excluding hydrogens is 502 g/mol. The molecule has 1 rings (SSSR count). The molecule has 0 bridgehead atoms. The molecule has 0 saturated carbocycles. The van der Waals surface area contributed by atoms with Crippen molar-refractivity contribution in [3.63, 3.8) is 0 Å². The monoisotopic (exact) mass is 547 g/mol. The molecule has 3 amide bonds. The Morgan fingerprint density at radius 1 is 0.872 bits per heavy atom. The van der Waals surface area contributed by atoms with Crippen LogP contribution >= 0.6 is 0 Å². The van der Waals surface area contributed by atoms with Gasteiger partial charge in [-0.1, -0.05) is 70.9 Å². The summed E-state index contributed by atoms with van der Waals surface area (Å²) in [7, 11) is 0. The number of carboxylic acid groups (broad SMARTS) is 1. The number of aliphatic carboxylic acids is 1. The van der Waals surface area contributed by atoms with E-state index in [1.807, 2.05) is 51.1 Å². The maximum absolute atomic E-state index is 13.5. The molecule has 0 spiro atoms. The number of nitrogens with two attached hydrogens (primary N) is 3. The minimum atomic E-state index is -1.21. The first-order chi connectivity index (χ1) is 18.4. The zero-order valence-electron chi connectivity index (χ0n) is 23.4. The highest BCUT2D eigenvalue weighted by Gasteiger charge is 2.33. The molecule has 0 aliphatic carbocycles. The maximum atomic E-state index is 13.5. The second kappa shape index (κ2) is 17.0. The van der Waals surface area contributed by atoms with Gasteiger partial charge in [0.15, 0.2) is 5.96 Å². The number of guanidine groups is 1. The largest absolute Gasteiger partial charge is 0.480 e. The van der Waals surface area contributed by atoms with Crippen LogP contribution in [0.15, 0.2) is 35.3 Å². The van der Waals surface area contributed by atoms with Crippen LogP contribution in [0.1, 0.15) is 58.9 Å². The number of hydrogen-bond acceptors (Lipinski definition) is 6. The Morgan fingerprint density at radius 2 is 1.46 bits per heavy atom. The van der Waals surface area contributed by atoms with Gasteiger partial charge >= 0.3 is 5.97 Å². The SMILES string of the molecule is CCC(C)C(N)C(=O)NC(Cc1ccccc1)C(=O)NC(C(=O)NC(CCCN=C(N)N)C(=O)O)C(C)CC. The van der Waals surface area contributed by atoms with Gasteiger partial charge in [0, 0.05) is 13.0 Å². The summed E-state index contributed by atoms with van der Waals surface area (Å²) < 4.78 is 0. The van der Waals surface area contributed by atoms with Gasteiger partial charge in [0.25, 0.3) is 0 Å². The summed E-state index contributed by atoms with van der Waals surface area (Å²) >= 11 is 0. The summed E-state index contributed by atoms with van der Waals surface area (Å²) in [5.41, 5.74) is 17.5. The highest BCUT2D eigenvalue weighted by Crippen LogP contribution is 2.12. The summed E-state index contributed by atoms with van der Waals surface area (Å²) in [4.78, 5) is 55.1. The topological polar surface area (TPSA) is 215 Å². The maximum Gasteiger partial charge on any atom is 0.326 e. The Hall–Kier alpha value is -3.67. The van der Waals surface area contributed by atoms with Crippen LogP contribution < -0.4 is 33.2 Å². The van der Waals surface area contributed by atoms with Crippen molar-refractivity contribution in [2.75, 3.05) is 6.54 Å². The molecule has 0 fully saturated rings. The highest BCUT2D eigenvalue weighted by molar-refractivity contribution is 5.94. The molecule has 218 valence electrons. The van der Waals surface area contributed by atoms with Crippen LogP contribution in [-0.4, -0.2) is 65.5 Å². The molecule has 12 heteroatoms. The predicted octanol–water partition coefficient (Wildman–Crippen LogP) is 0.241. The standard InChI is InChI=1S/C27H45N7O5/c1-5-16(3)21(28)24(36)33-20(15-18-11-8-7-9-12-18)23(35)34-22(17(4)6-2)25(37)32-19(26(38)39)13-10-14-31-27(29)30/h7-9,11-12,16-17,19-22H,5-6,10,13-15,28H2,1-4H3,(H,32,37)(H,33,36)(H,34,35)(H,38,39)(H4,29,30,31). The molecule has 6 atom stereocenters. The van der Waals surface area contributed by atoms with Crippen LogP contribution in [0.3, 0.4) is 0 Å². The minimum Gasteiger partial charge on any atom is -0.480 e. The lowest BCUT2D eigenvalue weighted by Crippen LogP contribution is -2.59. The van der Waals surface area contributed by atoms with E-state index in [4.69, 9.17) is 17.2 Å². The van der Waals surface area contributed by atoms with Gasteiger partial charge in [-0.15, -0.1) is 0 Å². The van der Waals surface area contributed by atoms with Crippen molar-refractivity contribution in [1.82, 2.24) is 16.0 Å². The van der Waals surface area contributed by atoms with Crippen molar-refractivity contribution in [2.24, 2.45) is 34.0 Å². The van der Waals surface area contributed by atoms with E-state index in [2.05, 4.69) is 20.9 Å². The Labute approximate surface area is 230 Å². The van der Waals surface area contributed by atoms with Crippen molar-refractivity contribution < 1.29 is 24.3 Å². The highest BCUT2D eigenvalue weighted by atomic mass is 16.4. The minimum absolute atomic E-state index is 0.0935. The second-order valence-electron chi connectivity index (χ2n) is 9.88. The van der Waals surface area contributed by atoms with Crippen molar-refractivity contribution in [1.29, 1.82) is 0 Å². The average Bonchev–Trinajstić information content (AvgIpc) is 2.91. The van der Waals surface area contributed by atoms with Crippen LogP contribution in [-0.2, 0) is 25.6 Å². The number of nitrogens with one attached hydrogen (secondary N) is 3. The lowest BCUT2D eigenvalue weighted by atomic mass is 9.96. The Balaban J connectivity index is 3.10. The summed E-state index contributed by atoms with van der Waals surface area (Å²) in [6, 6.07) is 5.14. The molecule has 0 aliphatic heterocycles. The quantitative estimate of drug-likeness (QED) is 0.0812. The Morgan fingerprint density at radius 3 is 2.00 bits per heavy atom. The van der Waals surface area contributed by atoms with E-state index < -0.39 is 47.9 Å². The number of amides is 3. The zero-order chi connectivity index (χ0) is 29.5. The summed E-state index contributed by atoms with van der Waals surface area (Å²) in [5.74, 6) is -3.39. The summed E-state index contributed by atoms with van der Waals surface area (Å²) in [6.07, 6.45) is 1.84. The van der Waals surface area contributed by atoms with Gasteiger partial charge in [-0.3, -0.25) is 19.4 Å². The molecule has 1 aromatic rings. The van der Waals surface area contributed by atoms with Crippen LogP contribution in [0, 0.1) is 11.8 Å². The van der Waals surface area contributed by atoms with Gasteiger partial charge < -0.3 is 38.3 Å². The van der Waals surface area contributed by atoms with Crippen molar-refractivity contribution in [2.45, 2.75) is 84.0 Å². The number of hydrogen-bond donors (Lipinski definition) is 7. The third kappa shape index (κ3) is 11.7. The molecule has 12 nitrogen and oxygen atoms in total. The first-order valence-electron chi connectivity index (χ1n) is 13.4. The lowest BCUT2D eigenvalue weighted by Gasteiger charge is -2.28. The second-order valence-corrected chi connectivity index (χ2v) is 9.88. The number of carbonyl (C=O) groups is 4. The first kappa shape index (κ1) is 33.4. The molecule has 6 unspecified atom stereocenters. The smallest absolute Gasteiger partial charge is 0.326 e. The molecule has 0 heterocycles. The summed E-state index contributed by atoms with van der Waals surface area (Å²) in [5, 5.41) is 17.6. The number of nitrogens with zero attached hydrogens (tertiary/aromatic N) is 1. The fourth-order valence-electron chi connectivity index (χ4n) is 3.82. The van der Waals surface area contributed by atoms with Crippen molar-refractivity contribution >= 4 is 29.7 Å². The van der Waals surface area contributed by atoms with Crippen LogP contribution in [0.2, 0.25) is 0 Å². The molecule has 10 N–H and O–H groups in total. The van der Waals surface area contributed by atoms with Crippen LogP contribution in [0.5, 0.6) is 0 Å². The van der Waals surface area contributed by atoms with Gasteiger partial charge in [-0.25, -0.2) is 4.79 Å². The number of rotatable bonds is 17. The van der Waals surface area contributed by atoms with Crippen LogP contribution in [0.4, 0.5) is 0 Å². The first-order valence-corrected chi connectivity index (χ1v) is 13.4. The predicted molar refractivity (Wildman–Crippen MR) is 150 cm³/mol. The summed E-state index contributed by atoms with van der Waals surface area (Å²) in [6.45, 7) is 7.63. The van der Waals surface area contributed by atoms with E-state index in [1.165, 1.54) is 0 Å². The molecule has 0 saturated heterocycles. The molecule has 39 heavy (non-hydrogen) atoms. The molecular formula is C27H45N7O5. The van der Waals surface area contributed by atoms with Crippen molar-refractivity contribution in [3.8, 4) is 0 Å². The normalized spacial score (nSPS) is 15.5. The fourth-order valence-corrected chi connectivity index (χ4v) is 3.82. The van der Waals surface area contributed by atoms with Gasteiger partial charge in [-0.05, 0) is 30.2 Å². The molecule has 1 aromatic carbocycles. The number of benzene rings is 1. The Bertz CT molecular complexity index is 969. The van der Waals surface area contributed by atoms with Gasteiger partial charge in [0.05, 0.1) is 6.04 Å². The van der Waals surface area contributed by atoms with Gasteiger partial charge in [0.1, 0.15) is 18.1 Å². The van der Waals surface area contributed by atoms with E-state index in [0.717, 1.165) is 5.56 Å². The van der Waals surface area contributed by atoms with E-state index in [1.54, 1.807) is 6.92 Å². The number of aliphatic imine (C=N–C) groups is 1. The molecule has 0 aliphatic rings. The fraction of sp³-hybridized carbons (Fsp3) is 0.593. The van der Waals surface area contributed by atoms with Gasteiger partial charge in [0.2, 0.25) is 17.7 Å². The third-order valence-corrected chi connectivity index (χ3v) is 6.83. The van der Waals surface area contributed by atoms with E-state index in [0.29, 0.717) is 19.3 Å². The molecule has 0 radical (unpaired) electrons. The van der Waals surface area contributed by atoms with Crippen molar-refractivity contribution in [3.05, 3.63) is 35.9 Å². The lowest BCUT2D eigenvalue weighted by molar-refractivity contribution is -0.143. The molecule has 0 aromatic heterocycles. The van der Waals surface area contributed by atoms with E-state index >= 15 is 0 Å².